The van der Waals surface area contributed by atoms with Crippen LogP contribution in [-0.2, 0) is 4.84 Å². The van der Waals surface area contributed by atoms with Crippen molar-refractivity contribution in [3.63, 3.8) is 0 Å². The van der Waals surface area contributed by atoms with Gasteiger partial charge < -0.3 is 0 Å². The van der Waals surface area contributed by atoms with Gasteiger partial charge in [0.1, 0.15) is 17.4 Å². The molecule has 1 aliphatic heterocycles. The fourth-order valence-corrected chi connectivity index (χ4v) is 4.49. The van der Waals surface area contributed by atoms with Gasteiger partial charge in [0.2, 0.25) is 0 Å². The van der Waals surface area contributed by atoms with Crippen LogP contribution in [0.5, 0.6) is 0 Å². The van der Waals surface area contributed by atoms with Crippen molar-refractivity contribution in [2.45, 2.75) is 37.7 Å². The van der Waals surface area contributed by atoms with Crippen LogP contribution >= 0.6 is 0 Å². The van der Waals surface area contributed by atoms with E-state index in [0.29, 0.717) is 5.92 Å². The summed E-state index contributed by atoms with van der Waals surface area (Å²) in [6, 6.07) is 3.96. The summed E-state index contributed by atoms with van der Waals surface area (Å²) in [7, 11) is 0. The molecular formula is C15H20N6O. The van der Waals surface area contributed by atoms with Gasteiger partial charge in [-0.05, 0) is 56.1 Å². The molecule has 116 valence electrons. The molecule has 4 aliphatic rings. The highest BCUT2D eigenvalue weighted by molar-refractivity contribution is 5.66. The Balaban J connectivity index is 1.37. The number of fused-ring (bicyclic) bond motifs is 3. The summed E-state index contributed by atoms with van der Waals surface area (Å²) in [6.07, 6.45) is 10.0. The molecule has 22 heavy (non-hydrogen) atoms. The van der Waals surface area contributed by atoms with Crippen molar-refractivity contribution in [3.8, 4) is 0 Å². The van der Waals surface area contributed by atoms with Crippen molar-refractivity contribution in [1.82, 2.24) is 25.3 Å². The number of hydrazine groups is 2. The number of rotatable bonds is 2. The fourth-order valence-electron chi connectivity index (χ4n) is 4.49. The van der Waals surface area contributed by atoms with Crippen LogP contribution in [0.15, 0.2) is 24.7 Å². The average molecular weight is 300 g/mol. The van der Waals surface area contributed by atoms with Gasteiger partial charge in [-0.15, -0.1) is 10.7 Å². The molecule has 1 saturated heterocycles. The number of nitrogens with zero attached hydrogens (tertiary/aromatic N) is 4. The Kier molecular flexibility index (Phi) is 2.70. The number of anilines is 1. The van der Waals surface area contributed by atoms with Crippen molar-refractivity contribution < 1.29 is 4.84 Å². The van der Waals surface area contributed by atoms with Gasteiger partial charge in [-0.2, -0.15) is 5.10 Å². The SMILES string of the molecule is c1cc2c(NN3C[C@]4(CC5CCC4CC5)ON3)ncnn2c1. The molecular weight excluding hydrogens is 280 g/mol. The number of aromatic nitrogens is 3. The molecule has 2 aromatic rings. The summed E-state index contributed by atoms with van der Waals surface area (Å²) in [6.45, 7) is 0.852. The zero-order valence-electron chi connectivity index (χ0n) is 12.4. The second-order valence-corrected chi connectivity index (χ2v) is 6.82. The number of nitrogens with one attached hydrogen (secondary N) is 2. The first-order valence-corrected chi connectivity index (χ1v) is 8.09. The Morgan fingerprint density at radius 1 is 1.32 bits per heavy atom. The molecule has 0 radical (unpaired) electrons. The third-order valence-electron chi connectivity index (χ3n) is 5.58. The molecule has 3 aliphatic carbocycles. The van der Waals surface area contributed by atoms with Gasteiger partial charge in [-0.25, -0.2) is 9.50 Å². The van der Waals surface area contributed by atoms with Gasteiger partial charge in [0.05, 0.1) is 6.54 Å². The van der Waals surface area contributed by atoms with E-state index >= 15 is 0 Å². The lowest BCUT2D eigenvalue weighted by atomic mass is 9.62. The van der Waals surface area contributed by atoms with Crippen LogP contribution in [0.3, 0.4) is 0 Å². The van der Waals surface area contributed by atoms with Gasteiger partial charge in [-0.1, -0.05) is 0 Å². The van der Waals surface area contributed by atoms with Gasteiger partial charge >= 0.3 is 0 Å². The van der Waals surface area contributed by atoms with Crippen molar-refractivity contribution in [3.05, 3.63) is 24.7 Å². The third-order valence-corrected chi connectivity index (χ3v) is 5.58. The molecule has 7 heteroatoms. The van der Waals surface area contributed by atoms with E-state index in [9.17, 15) is 0 Å². The van der Waals surface area contributed by atoms with Crippen LogP contribution < -0.4 is 11.0 Å². The first-order chi connectivity index (χ1) is 10.8. The lowest BCUT2D eigenvalue weighted by Crippen LogP contribution is -2.50. The highest BCUT2D eigenvalue weighted by Gasteiger charge is 2.53. The minimum absolute atomic E-state index is 0.0283. The molecule has 1 atom stereocenters. The topological polar surface area (TPSA) is 66.7 Å². The smallest absolute Gasteiger partial charge is 0.169 e. The van der Waals surface area contributed by atoms with Crippen LogP contribution in [0.25, 0.3) is 5.52 Å². The summed E-state index contributed by atoms with van der Waals surface area (Å²) in [5, 5.41) is 6.11. The predicted octanol–water partition coefficient (Wildman–Crippen LogP) is 1.76. The number of hydrogen-bond acceptors (Lipinski definition) is 6. The molecule has 0 amide bonds. The summed E-state index contributed by atoms with van der Waals surface area (Å²) < 4.78 is 1.81. The third kappa shape index (κ3) is 1.86. The average Bonchev–Trinajstić information content (AvgIpc) is 3.17. The maximum absolute atomic E-state index is 6.06. The Morgan fingerprint density at radius 3 is 3.05 bits per heavy atom. The first kappa shape index (κ1) is 12.8. The molecule has 3 heterocycles. The van der Waals surface area contributed by atoms with E-state index in [1.165, 1.54) is 32.1 Å². The zero-order chi connectivity index (χ0) is 14.6. The van der Waals surface area contributed by atoms with Gasteiger partial charge in [0, 0.05) is 6.20 Å². The summed E-state index contributed by atoms with van der Waals surface area (Å²) in [4.78, 5) is 10.4. The lowest BCUT2D eigenvalue weighted by molar-refractivity contribution is -0.146. The highest BCUT2D eigenvalue weighted by Crippen LogP contribution is 2.50. The standard InChI is InChI=1S/C15H20N6O/c1-2-13-14(16-10-17-20(13)7-1)18-21-9-15(22-19-21)8-11-3-5-12(15)6-4-11/h1-2,7,10-12,19H,3-6,8-9H2,(H,16,17,18)/t11?,12?,15-/m0/s1. The van der Waals surface area contributed by atoms with E-state index in [2.05, 4.69) is 21.1 Å². The summed E-state index contributed by atoms with van der Waals surface area (Å²) in [5.41, 5.74) is 7.31. The van der Waals surface area contributed by atoms with Crippen LogP contribution in [-0.4, -0.2) is 31.9 Å². The van der Waals surface area contributed by atoms with E-state index < -0.39 is 0 Å². The van der Waals surface area contributed by atoms with Gasteiger partial charge in [-0.3, -0.25) is 10.3 Å². The Bertz CT molecular complexity index is 694. The predicted molar refractivity (Wildman–Crippen MR) is 80.3 cm³/mol. The molecule has 1 spiro atoms. The maximum atomic E-state index is 6.06. The molecule has 2 bridgehead atoms. The highest BCUT2D eigenvalue weighted by atomic mass is 16.7. The molecule has 4 fully saturated rings. The van der Waals surface area contributed by atoms with Crippen LogP contribution in [0.1, 0.15) is 32.1 Å². The maximum Gasteiger partial charge on any atom is 0.169 e. The minimum atomic E-state index is -0.0283. The van der Waals surface area contributed by atoms with Crippen molar-refractivity contribution in [2.24, 2.45) is 11.8 Å². The molecule has 3 saturated carbocycles. The van der Waals surface area contributed by atoms with E-state index in [0.717, 1.165) is 23.8 Å². The van der Waals surface area contributed by atoms with E-state index in [4.69, 9.17) is 4.84 Å². The van der Waals surface area contributed by atoms with Crippen molar-refractivity contribution in [2.75, 3.05) is 12.0 Å². The Morgan fingerprint density at radius 2 is 2.23 bits per heavy atom. The van der Waals surface area contributed by atoms with Gasteiger partial charge in [0.15, 0.2) is 5.82 Å². The monoisotopic (exact) mass is 300 g/mol. The summed E-state index contributed by atoms with van der Waals surface area (Å²) in [5.74, 6) is 2.30. The molecule has 2 aromatic heterocycles. The second kappa shape index (κ2) is 4.65. The minimum Gasteiger partial charge on any atom is -0.286 e. The molecule has 0 unspecified atom stereocenters. The Hall–Kier alpha value is -1.70. The molecule has 2 N–H and O–H groups in total. The largest absolute Gasteiger partial charge is 0.286 e. The van der Waals surface area contributed by atoms with E-state index in [1.807, 2.05) is 28.0 Å². The van der Waals surface area contributed by atoms with E-state index in [1.54, 1.807) is 6.33 Å². The first-order valence-electron chi connectivity index (χ1n) is 8.09. The molecule has 6 rings (SSSR count). The number of hydrogen-bond donors (Lipinski definition) is 2. The van der Waals surface area contributed by atoms with Crippen LogP contribution in [0.4, 0.5) is 5.82 Å². The van der Waals surface area contributed by atoms with Gasteiger partial charge in [0.25, 0.3) is 0 Å². The Labute approximate surface area is 128 Å². The van der Waals surface area contributed by atoms with Crippen LogP contribution in [0.2, 0.25) is 0 Å². The summed E-state index contributed by atoms with van der Waals surface area (Å²) >= 11 is 0. The van der Waals surface area contributed by atoms with E-state index in [-0.39, 0.29) is 5.60 Å². The molecule has 0 aromatic carbocycles. The normalized spacial score (nSPS) is 34.7. The zero-order valence-corrected chi connectivity index (χ0v) is 12.4. The molecule has 7 nitrogen and oxygen atoms in total. The fraction of sp³-hybridized carbons (Fsp3) is 0.600. The lowest BCUT2D eigenvalue weighted by Gasteiger charge is -2.47. The van der Waals surface area contributed by atoms with Crippen molar-refractivity contribution >= 4 is 11.3 Å². The van der Waals surface area contributed by atoms with Crippen LogP contribution in [0, 0.1) is 11.8 Å². The second-order valence-electron chi connectivity index (χ2n) is 6.82. The quantitative estimate of drug-likeness (QED) is 0.881. The van der Waals surface area contributed by atoms with Crippen molar-refractivity contribution in [1.29, 1.82) is 0 Å².